The first-order valence-electron chi connectivity index (χ1n) is 6.58. The molecule has 118 valence electrons. The number of hydrogen-bond acceptors (Lipinski definition) is 4. The fourth-order valence-corrected chi connectivity index (χ4v) is 3.08. The van der Waals surface area contributed by atoms with E-state index in [1.54, 1.807) is 18.3 Å². The Balaban J connectivity index is 0.00000192. The van der Waals surface area contributed by atoms with E-state index in [9.17, 15) is 4.79 Å². The lowest BCUT2D eigenvalue weighted by Gasteiger charge is -2.13. The maximum absolute atomic E-state index is 12.2. The van der Waals surface area contributed by atoms with Crippen LogP contribution in [0.1, 0.15) is 23.4 Å². The number of terminal acetylenes is 1. The lowest BCUT2D eigenvalue weighted by Crippen LogP contribution is -2.19. The van der Waals surface area contributed by atoms with Crippen molar-refractivity contribution in [3.8, 4) is 12.3 Å². The van der Waals surface area contributed by atoms with E-state index in [0.717, 1.165) is 15.8 Å². The first-order chi connectivity index (χ1) is 10.6. The number of H-pyrrole nitrogens is 1. The molecule has 0 spiro atoms. The molecule has 3 rings (SSSR count). The predicted octanol–water partition coefficient (Wildman–Crippen LogP) is 3.91. The molecule has 0 aliphatic rings. The number of hydrogen-bond donors (Lipinski definition) is 2. The standard InChI is InChI=1S/C16H12ClN3OS.H2S/c1-3-12-8-18-16(22-12)19-9(2)13-7-10-6-11(17)4-5-14(10)20-15(13)21;/h1,4-9H,2H3,(H,18,19)(H,20,21);1H2/t9-;/m0./s1. The molecule has 0 radical (unpaired) electrons. The number of benzene rings is 1. The Morgan fingerprint density at radius 3 is 2.91 bits per heavy atom. The first kappa shape index (κ1) is 17.4. The molecule has 0 aliphatic heterocycles. The van der Waals surface area contributed by atoms with Crippen molar-refractivity contribution in [2.24, 2.45) is 0 Å². The van der Waals surface area contributed by atoms with E-state index < -0.39 is 0 Å². The summed E-state index contributed by atoms with van der Waals surface area (Å²) in [7, 11) is 0. The summed E-state index contributed by atoms with van der Waals surface area (Å²) < 4.78 is 0. The minimum absolute atomic E-state index is 0. The zero-order chi connectivity index (χ0) is 15.7. The highest BCUT2D eigenvalue weighted by Crippen LogP contribution is 2.24. The molecule has 0 amide bonds. The SMILES string of the molecule is C#Cc1cnc(N[C@@H](C)c2cc3cc(Cl)ccc3[nH]c2=O)s1.S. The van der Waals surface area contributed by atoms with Gasteiger partial charge in [-0.25, -0.2) is 4.98 Å². The van der Waals surface area contributed by atoms with Crippen molar-refractivity contribution >= 4 is 52.5 Å². The molecule has 23 heavy (non-hydrogen) atoms. The van der Waals surface area contributed by atoms with Crippen LogP contribution in [0.4, 0.5) is 5.13 Å². The number of fused-ring (bicyclic) bond motifs is 1. The third kappa shape index (κ3) is 3.70. The lowest BCUT2D eigenvalue weighted by molar-refractivity contribution is 0.863. The molecule has 2 N–H and O–H groups in total. The van der Waals surface area contributed by atoms with Gasteiger partial charge in [0.1, 0.15) is 0 Å². The molecule has 0 aliphatic carbocycles. The molecule has 1 atom stereocenters. The number of halogens is 1. The van der Waals surface area contributed by atoms with Crippen LogP contribution in [-0.2, 0) is 0 Å². The number of pyridine rings is 1. The van der Waals surface area contributed by atoms with E-state index in [1.807, 2.05) is 19.1 Å². The van der Waals surface area contributed by atoms with Gasteiger partial charge in [0.2, 0.25) is 0 Å². The normalized spacial score (nSPS) is 11.5. The smallest absolute Gasteiger partial charge is 0.253 e. The van der Waals surface area contributed by atoms with Crippen molar-refractivity contribution < 1.29 is 0 Å². The van der Waals surface area contributed by atoms with Crippen LogP contribution >= 0.6 is 36.4 Å². The van der Waals surface area contributed by atoms with E-state index in [1.165, 1.54) is 11.3 Å². The number of nitrogens with one attached hydrogen (secondary N) is 2. The molecule has 4 nitrogen and oxygen atoms in total. The van der Waals surface area contributed by atoms with Gasteiger partial charge in [0.15, 0.2) is 5.13 Å². The summed E-state index contributed by atoms with van der Waals surface area (Å²) in [6.07, 6.45) is 6.96. The summed E-state index contributed by atoms with van der Waals surface area (Å²) in [6, 6.07) is 7.00. The highest BCUT2D eigenvalue weighted by molar-refractivity contribution is 7.59. The van der Waals surface area contributed by atoms with E-state index in [4.69, 9.17) is 18.0 Å². The minimum atomic E-state index is -0.205. The highest BCUT2D eigenvalue weighted by Gasteiger charge is 2.13. The maximum Gasteiger partial charge on any atom is 0.253 e. The van der Waals surface area contributed by atoms with E-state index >= 15 is 0 Å². The third-order valence-corrected chi connectivity index (χ3v) is 4.38. The molecule has 0 fully saturated rings. The summed E-state index contributed by atoms with van der Waals surface area (Å²) in [6.45, 7) is 1.90. The topological polar surface area (TPSA) is 57.8 Å². The number of rotatable bonds is 3. The van der Waals surface area contributed by atoms with Gasteiger partial charge in [-0.2, -0.15) is 13.5 Å². The largest absolute Gasteiger partial charge is 0.355 e. The molecule has 1 aromatic carbocycles. The number of nitrogens with zero attached hydrogens (tertiary/aromatic N) is 1. The van der Waals surface area contributed by atoms with Gasteiger partial charge < -0.3 is 10.3 Å². The van der Waals surface area contributed by atoms with Gasteiger partial charge in [-0.3, -0.25) is 4.79 Å². The zero-order valence-corrected chi connectivity index (χ0v) is 14.8. The summed E-state index contributed by atoms with van der Waals surface area (Å²) in [5, 5.41) is 5.40. The van der Waals surface area contributed by atoms with Gasteiger partial charge in [-0.15, -0.1) is 6.42 Å². The number of thiazole rings is 1. The van der Waals surface area contributed by atoms with Crippen LogP contribution in [0.3, 0.4) is 0 Å². The Labute approximate surface area is 149 Å². The van der Waals surface area contributed by atoms with Crippen molar-refractivity contribution in [2.45, 2.75) is 13.0 Å². The van der Waals surface area contributed by atoms with Crippen molar-refractivity contribution in [3.63, 3.8) is 0 Å². The fourth-order valence-electron chi connectivity index (χ4n) is 2.19. The summed E-state index contributed by atoms with van der Waals surface area (Å²) >= 11 is 7.38. The first-order valence-corrected chi connectivity index (χ1v) is 7.78. The van der Waals surface area contributed by atoms with Crippen molar-refractivity contribution in [3.05, 3.63) is 56.3 Å². The van der Waals surface area contributed by atoms with Crippen LogP contribution in [0.5, 0.6) is 0 Å². The minimum Gasteiger partial charge on any atom is -0.355 e. The molecular formula is C16H14ClN3OS2. The van der Waals surface area contributed by atoms with Gasteiger partial charge >= 0.3 is 0 Å². The second kappa shape index (κ2) is 7.09. The van der Waals surface area contributed by atoms with Crippen LogP contribution in [-0.4, -0.2) is 9.97 Å². The molecule has 2 heterocycles. The van der Waals surface area contributed by atoms with Gasteiger partial charge in [0.25, 0.3) is 5.56 Å². The van der Waals surface area contributed by atoms with E-state index in [-0.39, 0.29) is 25.1 Å². The molecule has 0 bridgehead atoms. The van der Waals surface area contributed by atoms with Gasteiger partial charge in [-0.05, 0) is 31.2 Å². The number of anilines is 1. The Hall–Kier alpha value is -1.94. The van der Waals surface area contributed by atoms with Crippen LogP contribution in [0.25, 0.3) is 10.9 Å². The summed E-state index contributed by atoms with van der Waals surface area (Å²) in [5.74, 6) is 2.54. The van der Waals surface area contributed by atoms with Gasteiger partial charge in [0, 0.05) is 21.5 Å². The number of aromatic amines is 1. The van der Waals surface area contributed by atoms with Crippen molar-refractivity contribution in [1.82, 2.24) is 9.97 Å². The van der Waals surface area contributed by atoms with Crippen LogP contribution in [0, 0.1) is 12.3 Å². The van der Waals surface area contributed by atoms with Crippen LogP contribution in [0.15, 0.2) is 35.3 Å². The molecule has 2 aromatic heterocycles. The number of aromatic nitrogens is 2. The predicted molar refractivity (Wildman–Crippen MR) is 102 cm³/mol. The van der Waals surface area contributed by atoms with Crippen molar-refractivity contribution in [1.29, 1.82) is 0 Å². The van der Waals surface area contributed by atoms with E-state index in [2.05, 4.69) is 21.2 Å². The second-order valence-corrected chi connectivity index (χ2v) is 6.29. The highest BCUT2D eigenvalue weighted by atomic mass is 35.5. The molecule has 7 heteroatoms. The quantitative estimate of drug-likeness (QED) is 0.694. The Kier molecular flexibility index (Phi) is 5.37. The molecule has 3 aromatic rings. The fraction of sp³-hybridized carbons (Fsp3) is 0.125. The second-order valence-electron chi connectivity index (χ2n) is 4.83. The zero-order valence-electron chi connectivity index (χ0n) is 12.2. The molecular weight excluding hydrogens is 350 g/mol. The molecule has 0 saturated carbocycles. The lowest BCUT2D eigenvalue weighted by atomic mass is 10.1. The average molecular weight is 364 g/mol. The summed E-state index contributed by atoms with van der Waals surface area (Å²) in [5.41, 5.74) is 1.24. The monoisotopic (exact) mass is 363 g/mol. The van der Waals surface area contributed by atoms with E-state index in [0.29, 0.717) is 15.7 Å². The molecule has 0 saturated heterocycles. The molecule has 0 unspecified atom stereocenters. The van der Waals surface area contributed by atoms with Gasteiger partial charge in [0.05, 0.1) is 17.1 Å². The maximum atomic E-state index is 12.2. The van der Waals surface area contributed by atoms with Crippen LogP contribution in [0.2, 0.25) is 5.02 Å². The third-order valence-electron chi connectivity index (χ3n) is 3.29. The summed E-state index contributed by atoms with van der Waals surface area (Å²) in [4.78, 5) is 20.0. The van der Waals surface area contributed by atoms with Crippen molar-refractivity contribution in [2.75, 3.05) is 5.32 Å². The van der Waals surface area contributed by atoms with Crippen LogP contribution < -0.4 is 10.9 Å². The Morgan fingerprint density at radius 1 is 1.43 bits per heavy atom. The van der Waals surface area contributed by atoms with Gasteiger partial charge in [-0.1, -0.05) is 28.9 Å². The average Bonchev–Trinajstić information content (AvgIpc) is 2.94. The Morgan fingerprint density at radius 2 is 2.22 bits per heavy atom. The Bertz CT molecular complexity index is 942.